The number of halogens is 2. The summed E-state index contributed by atoms with van der Waals surface area (Å²) in [6, 6.07) is 5.29. The van der Waals surface area contributed by atoms with E-state index in [1.807, 2.05) is 41.7 Å². The van der Waals surface area contributed by atoms with Crippen molar-refractivity contribution in [1.29, 1.82) is 0 Å². The molecule has 1 N–H and O–H groups in total. The second kappa shape index (κ2) is 15.7. The minimum Gasteiger partial charge on any atom is -0.492 e. The van der Waals surface area contributed by atoms with Crippen LogP contribution in [0.4, 0.5) is 8.78 Å². The topological polar surface area (TPSA) is 75.7 Å². The smallest absolute Gasteiger partial charge is 0.254 e. The first kappa shape index (κ1) is 33.4. The lowest BCUT2D eigenvalue weighted by Gasteiger charge is -2.42. The van der Waals surface area contributed by atoms with Gasteiger partial charge in [0.25, 0.3) is 5.92 Å². The number of unbranched alkanes of at least 4 members (excludes halogenated alkanes) is 4. The van der Waals surface area contributed by atoms with Gasteiger partial charge in [0.05, 0.1) is 6.61 Å². The van der Waals surface area contributed by atoms with E-state index in [4.69, 9.17) is 4.74 Å². The predicted molar refractivity (Wildman–Crippen MR) is 146 cm³/mol. The van der Waals surface area contributed by atoms with Gasteiger partial charge in [-0.1, -0.05) is 33.8 Å². The third-order valence-electron chi connectivity index (χ3n) is 6.93. The zero-order valence-electron chi connectivity index (χ0n) is 23.6. The molecule has 2 aliphatic carbocycles. The van der Waals surface area contributed by atoms with Gasteiger partial charge in [0, 0.05) is 30.8 Å². The van der Waals surface area contributed by atoms with Gasteiger partial charge in [-0.2, -0.15) is 0 Å². The maximum atomic E-state index is 13.3. The summed E-state index contributed by atoms with van der Waals surface area (Å²) in [5, 5.41) is 0. The fourth-order valence-corrected chi connectivity index (χ4v) is 5.77. The predicted octanol–water partition coefficient (Wildman–Crippen LogP) is 6.36. The molecule has 6 nitrogen and oxygen atoms in total. The molecule has 3 rings (SSSR count). The third kappa shape index (κ3) is 9.59. The number of carbonyl (C=O) groups is 1. The van der Waals surface area contributed by atoms with Gasteiger partial charge in [0.2, 0.25) is 10.0 Å². The monoisotopic (exact) mass is 546 g/mol. The average Bonchev–Trinajstić information content (AvgIpc) is 3.45. The van der Waals surface area contributed by atoms with E-state index >= 15 is 0 Å². The van der Waals surface area contributed by atoms with Crippen molar-refractivity contribution in [3.8, 4) is 5.75 Å². The van der Waals surface area contributed by atoms with Crippen molar-refractivity contribution in [2.24, 2.45) is 5.41 Å². The number of nitrogens with one attached hydrogen (secondary N) is 1. The first-order valence-electron chi connectivity index (χ1n) is 13.9. The summed E-state index contributed by atoms with van der Waals surface area (Å²) >= 11 is 0. The van der Waals surface area contributed by atoms with Crippen LogP contribution in [0.1, 0.15) is 91.0 Å². The lowest BCUT2D eigenvalue weighted by Crippen LogP contribution is -2.46. The Balaban J connectivity index is 0.00000163. The lowest BCUT2D eigenvalue weighted by atomic mass is 9.75. The molecule has 2 aliphatic rings. The van der Waals surface area contributed by atoms with Crippen LogP contribution in [-0.4, -0.2) is 58.3 Å². The van der Waals surface area contributed by atoms with E-state index in [1.54, 1.807) is 18.2 Å². The van der Waals surface area contributed by atoms with E-state index in [9.17, 15) is 22.0 Å². The number of nitrogens with zero attached hydrogens (tertiary/aromatic N) is 1. The summed E-state index contributed by atoms with van der Waals surface area (Å²) in [7, 11) is -1.69. The van der Waals surface area contributed by atoms with Crippen molar-refractivity contribution in [1.82, 2.24) is 9.62 Å². The standard InChI is InChI=1S/C24H36F2N2O4S.2C2H6/c1-19-9-10-22(33(30,31)27-11-5-3-7-13-29)21(15-19)32-14-8-4-6-12-28(2)20-16-23(17-20)18-24(23,25)26;2*1-2/h9-10,13,15,20,27H,3-8,11-12,14,16-18H2,1-2H3;2*1-2H3. The Morgan fingerprint density at radius 2 is 1.73 bits per heavy atom. The molecule has 1 spiro atoms. The average molecular weight is 547 g/mol. The van der Waals surface area contributed by atoms with Gasteiger partial charge in [0.1, 0.15) is 16.9 Å². The van der Waals surface area contributed by atoms with Crippen molar-refractivity contribution in [3.63, 3.8) is 0 Å². The maximum absolute atomic E-state index is 13.3. The highest BCUT2D eigenvalue weighted by Crippen LogP contribution is 2.71. The maximum Gasteiger partial charge on any atom is 0.254 e. The van der Waals surface area contributed by atoms with Crippen LogP contribution in [0.2, 0.25) is 0 Å². The quantitative estimate of drug-likeness (QED) is 0.205. The third-order valence-corrected chi connectivity index (χ3v) is 8.43. The normalized spacial score (nSPS) is 21.3. The summed E-state index contributed by atoms with van der Waals surface area (Å²) in [5.41, 5.74) is 0.228. The second-order valence-corrected chi connectivity index (χ2v) is 11.4. The highest BCUT2D eigenvalue weighted by atomic mass is 32.2. The fourth-order valence-electron chi connectivity index (χ4n) is 4.57. The van der Waals surface area contributed by atoms with E-state index in [0.29, 0.717) is 44.5 Å². The summed E-state index contributed by atoms with van der Waals surface area (Å²) < 4.78 is 60.5. The molecule has 1 aromatic rings. The Morgan fingerprint density at radius 1 is 1.08 bits per heavy atom. The number of benzene rings is 1. The number of ether oxygens (including phenoxy) is 1. The molecule has 37 heavy (non-hydrogen) atoms. The van der Waals surface area contributed by atoms with E-state index in [0.717, 1.165) is 37.7 Å². The van der Waals surface area contributed by atoms with E-state index in [1.165, 1.54) is 0 Å². The van der Waals surface area contributed by atoms with Crippen LogP contribution in [0.15, 0.2) is 23.1 Å². The van der Waals surface area contributed by atoms with Crippen LogP contribution in [-0.2, 0) is 14.8 Å². The van der Waals surface area contributed by atoms with E-state index in [2.05, 4.69) is 9.62 Å². The highest BCUT2D eigenvalue weighted by molar-refractivity contribution is 7.89. The summed E-state index contributed by atoms with van der Waals surface area (Å²) in [5.74, 6) is -2.09. The van der Waals surface area contributed by atoms with Gasteiger partial charge in [-0.3, -0.25) is 0 Å². The minimum atomic E-state index is -3.70. The molecule has 0 atom stereocenters. The Hall–Kier alpha value is -1.58. The molecule has 0 heterocycles. The lowest BCUT2D eigenvalue weighted by molar-refractivity contribution is -0.107. The molecule has 214 valence electrons. The fraction of sp³-hybridized carbons (Fsp3) is 0.750. The Morgan fingerprint density at radius 3 is 2.32 bits per heavy atom. The number of aryl methyl sites for hydroxylation is 1. The van der Waals surface area contributed by atoms with Crippen LogP contribution in [0, 0.1) is 12.3 Å². The van der Waals surface area contributed by atoms with Crippen molar-refractivity contribution in [2.45, 2.75) is 109 Å². The van der Waals surface area contributed by atoms with Crippen LogP contribution >= 0.6 is 0 Å². The van der Waals surface area contributed by atoms with Crippen LogP contribution in [0.25, 0.3) is 0 Å². The van der Waals surface area contributed by atoms with Crippen molar-refractivity contribution in [2.75, 3.05) is 26.7 Å². The van der Waals surface area contributed by atoms with Crippen molar-refractivity contribution >= 4 is 16.3 Å². The number of hydrogen-bond acceptors (Lipinski definition) is 5. The van der Waals surface area contributed by atoms with Crippen molar-refractivity contribution < 1.29 is 26.7 Å². The molecule has 0 saturated heterocycles. The molecule has 0 aromatic heterocycles. The number of alkyl halides is 2. The Kier molecular flexibility index (Phi) is 14.2. The zero-order valence-corrected chi connectivity index (χ0v) is 24.4. The van der Waals surface area contributed by atoms with Gasteiger partial charge < -0.3 is 14.4 Å². The van der Waals surface area contributed by atoms with Gasteiger partial charge in [-0.05, 0) is 83.2 Å². The molecule has 2 saturated carbocycles. The number of hydrogen-bond donors (Lipinski definition) is 1. The molecular formula is C28H48F2N2O4S. The Labute approximate surface area is 223 Å². The molecule has 0 radical (unpaired) electrons. The highest BCUT2D eigenvalue weighted by Gasteiger charge is 2.75. The molecule has 0 unspecified atom stereocenters. The molecule has 2 fully saturated rings. The van der Waals surface area contributed by atoms with E-state index in [-0.39, 0.29) is 23.9 Å². The molecular weight excluding hydrogens is 498 g/mol. The second-order valence-electron chi connectivity index (χ2n) is 9.62. The molecule has 0 bridgehead atoms. The van der Waals surface area contributed by atoms with Crippen LogP contribution in [0.3, 0.4) is 0 Å². The van der Waals surface area contributed by atoms with Gasteiger partial charge in [0.15, 0.2) is 0 Å². The first-order chi connectivity index (χ1) is 17.6. The largest absolute Gasteiger partial charge is 0.492 e. The Bertz CT molecular complexity index is 919. The van der Waals surface area contributed by atoms with Gasteiger partial charge in [-0.25, -0.2) is 21.9 Å². The van der Waals surface area contributed by atoms with Crippen molar-refractivity contribution in [3.05, 3.63) is 23.8 Å². The molecule has 9 heteroatoms. The molecule has 1 aromatic carbocycles. The number of sulfonamides is 1. The van der Waals surface area contributed by atoms with Crippen LogP contribution in [0.5, 0.6) is 5.75 Å². The first-order valence-corrected chi connectivity index (χ1v) is 15.3. The summed E-state index contributed by atoms with van der Waals surface area (Å²) in [6.07, 6.45) is 6.42. The SMILES string of the molecule is CC.CC.Cc1ccc(S(=O)(=O)NCCCCC=O)c(OCCCCCN(C)C2CC3(C2)CC3(F)F)c1. The summed E-state index contributed by atoms with van der Waals surface area (Å²) in [4.78, 5) is 12.7. The van der Waals surface area contributed by atoms with Gasteiger partial charge >= 0.3 is 0 Å². The van der Waals surface area contributed by atoms with Gasteiger partial charge in [-0.15, -0.1) is 0 Å². The molecule has 0 aliphatic heterocycles. The minimum absolute atomic E-state index is 0.0635. The number of rotatable bonds is 15. The number of aldehydes is 1. The zero-order chi connectivity index (χ0) is 28.1. The van der Waals surface area contributed by atoms with E-state index < -0.39 is 21.4 Å². The number of carbonyl (C=O) groups excluding carboxylic acids is 1. The summed E-state index contributed by atoms with van der Waals surface area (Å²) in [6.45, 7) is 11.4. The van der Waals surface area contributed by atoms with Crippen LogP contribution < -0.4 is 9.46 Å². The molecule has 0 amide bonds.